The Labute approximate surface area is 83.7 Å². The molecule has 1 N–H and O–H groups in total. The van der Waals surface area contributed by atoms with Gasteiger partial charge in [0.05, 0.1) is 13.2 Å². The van der Waals surface area contributed by atoms with E-state index in [1.54, 1.807) is 13.8 Å². The van der Waals surface area contributed by atoms with Crippen LogP contribution in [0.2, 0.25) is 0 Å². The molecule has 1 saturated heterocycles. The maximum atomic E-state index is 12.1. The van der Waals surface area contributed by atoms with Crippen molar-refractivity contribution in [3.05, 3.63) is 0 Å². The van der Waals surface area contributed by atoms with E-state index in [1.807, 2.05) is 0 Å². The second-order valence-corrected chi connectivity index (χ2v) is 5.22. The Morgan fingerprint density at radius 3 is 2.36 bits per heavy atom. The van der Waals surface area contributed by atoms with Crippen LogP contribution in [-0.4, -0.2) is 24.9 Å². The molecule has 0 aromatic heterocycles. The summed E-state index contributed by atoms with van der Waals surface area (Å²) in [5.74, 6) is -0.551. The highest BCUT2D eigenvalue weighted by atomic mass is 31.2. The molecule has 1 heterocycles. The van der Waals surface area contributed by atoms with Crippen molar-refractivity contribution in [1.82, 2.24) is 5.32 Å². The molecule has 82 valence electrons. The van der Waals surface area contributed by atoms with Crippen molar-refractivity contribution in [2.75, 3.05) is 13.2 Å². The van der Waals surface area contributed by atoms with Gasteiger partial charge in [0, 0.05) is 6.42 Å². The van der Waals surface area contributed by atoms with Crippen LogP contribution in [0.5, 0.6) is 0 Å². The van der Waals surface area contributed by atoms with Crippen LogP contribution >= 0.6 is 7.60 Å². The average molecular weight is 221 g/mol. The van der Waals surface area contributed by atoms with Gasteiger partial charge in [-0.3, -0.25) is 9.36 Å². The number of hydrogen-bond acceptors (Lipinski definition) is 4. The Bertz CT molecular complexity index is 246. The largest absolute Gasteiger partial charge is 0.352 e. The average Bonchev–Trinajstić information content (AvgIpc) is 2.53. The lowest BCUT2D eigenvalue weighted by molar-refractivity contribution is -0.119. The minimum absolute atomic E-state index is 0.0883. The number of carbonyl (C=O) groups is 1. The number of carbonyl (C=O) groups excluding carboxylic acids is 1. The molecular formula is C8H16NO4P. The predicted octanol–water partition coefficient (Wildman–Crippen LogP) is 1.49. The smallest absolute Gasteiger partial charge is 0.342 e. The van der Waals surface area contributed by atoms with E-state index >= 15 is 0 Å². The van der Waals surface area contributed by atoms with Crippen LogP contribution in [0.4, 0.5) is 0 Å². The highest BCUT2D eigenvalue weighted by Crippen LogP contribution is 2.54. The standard InChI is InChI=1S/C8H16NO4P/c1-3-12-14(11,13-4-2)8-6-5-7(10)9-8/h8H,3-6H2,1-2H3,(H,9,10). The van der Waals surface area contributed by atoms with Gasteiger partial charge in [-0.05, 0) is 20.3 Å². The second kappa shape index (κ2) is 4.91. The first-order valence-corrected chi connectivity index (χ1v) is 6.41. The summed E-state index contributed by atoms with van der Waals surface area (Å²) >= 11 is 0. The molecule has 0 spiro atoms. The zero-order valence-corrected chi connectivity index (χ0v) is 9.38. The van der Waals surface area contributed by atoms with E-state index in [1.165, 1.54) is 0 Å². The summed E-state index contributed by atoms with van der Waals surface area (Å²) in [7, 11) is -3.14. The molecule has 1 atom stereocenters. The normalized spacial score (nSPS) is 22.4. The van der Waals surface area contributed by atoms with Gasteiger partial charge in [-0.2, -0.15) is 0 Å². The molecular weight excluding hydrogens is 205 g/mol. The third-order valence-electron chi connectivity index (χ3n) is 1.97. The van der Waals surface area contributed by atoms with Crippen molar-refractivity contribution in [2.45, 2.75) is 32.5 Å². The fourth-order valence-corrected chi connectivity index (χ4v) is 3.31. The molecule has 0 aliphatic carbocycles. The maximum absolute atomic E-state index is 12.1. The van der Waals surface area contributed by atoms with Gasteiger partial charge < -0.3 is 14.4 Å². The van der Waals surface area contributed by atoms with Crippen LogP contribution in [0.1, 0.15) is 26.7 Å². The summed E-state index contributed by atoms with van der Waals surface area (Å²) in [6.07, 6.45) is 0.922. The molecule has 14 heavy (non-hydrogen) atoms. The van der Waals surface area contributed by atoms with Gasteiger partial charge in [0.1, 0.15) is 5.78 Å². The van der Waals surface area contributed by atoms with Crippen LogP contribution < -0.4 is 5.32 Å². The lowest BCUT2D eigenvalue weighted by Gasteiger charge is -2.22. The Kier molecular flexibility index (Phi) is 4.11. The first-order chi connectivity index (χ1) is 6.62. The lowest BCUT2D eigenvalue weighted by atomic mass is 10.4. The minimum atomic E-state index is -3.14. The van der Waals surface area contributed by atoms with Gasteiger partial charge in [0.2, 0.25) is 5.91 Å². The zero-order chi connectivity index (χ0) is 10.6. The Balaban J connectivity index is 2.66. The number of amides is 1. The van der Waals surface area contributed by atoms with E-state index in [9.17, 15) is 9.36 Å². The van der Waals surface area contributed by atoms with E-state index in [4.69, 9.17) is 9.05 Å². The van der Waals surface area contributed by atoms with Crippen molar-refractivity contribution in [3.8, 4) is 0 Å². The molecule has 1 fully saturated rings. The molecule has 1 aliphatic heterocycles. The number of rotatable bonds is 5. The van der Waals surface area contributed by atoms with E-state index in [-0.39, 0.29) is 5.91 Å². The summed E-state index contributed by atoms with van der Waals surface area (Å²) in [6.45, 7) is 4.15. The second-order valence-electron chi connectivity index (χ2n) is 3.00. The predicted molar refractivity (Wildman–Crippen MR) is 52.0 cm³/mol. The molecule has 0 aromatic rings. The number of nitrogens with one attached hydrogen (secondary N) is 1. The topological polar surface area (TPSA) is 64.6 Å². The molecule has 1 aliphatic rings. The quantitative estimate of drug-likeness (QED) is 0.714. The van der Waals surface area contributed by atoms with Crippen LogP contribution in [-0.2, 0) is 18.4 Å². The molecule has 1 unspecified atom stereocenters. The summed E-state index contributed by atoms with van der Waals surface area (Å²) < 4.78 is 22.3. The van der Waals surface area contributed by atoms with E-state index in [2.05, 4.69) is 5.32 Å². The molecule has 0 aromatic carbocycles. The Hall–Kier alpha value is -0.380. The van der Waals surface area contributed by atoms with Gasteiger partial charge in [-0.25, -0.2) is 0 Å². The first-order valence-electron chi connectivity index (χ1n) is 4.80. The molecule has 0 bridgehead atoms. The van der Waals surface area contributed by atoms with Gasteiger partial charge >= 0.3 is 7.60 Å². The fourth-order valence-electron chi connectivity index (χ4n) is 1.41. The summed E-state index contributed by atoms with van der Waals surface area (Å²) in [5, 5.41) is 2.61. The lowest BCUT2D eigenvalue weighted by Crippen LogP contribution is -2.27. The van der Waals surface area contributed by atoms with Crippen molar-refractivity contribution in [3.63, 3.8) is 0 Å². The van der Waals surface area contributed by atoms with Gasteiger partial charge in [0.25, 0.3) is 0 Å². The van der Waals surface area contributed by atoms with E-state index < -0.39 is 13.4 Å². The molecule has 0 radical (unpaired) electrons. The third kappa shape index (κ3) is 2.56. The molecule has 6 heteroatoms. The zero-order valence-electron chi connectivity index (χ0n) is 8.49. The maximum Gasteiger partial charge on any atom is 0.352 e. The molecule has 0 saturated carbocycles. The van der Waals surface area contributed by atoms with Crippen molar-refractivity contribution in [1.29, 1.82) is 0 Å². The van der Waals surface area contributed by atoms with Gasteiger partial charge in [-0.1, -0.05) is 0 Å². The molecule has 5 nitrogen and oxygen atoms in total. The summed E-state index contributed by atoms with van der Waals surface area (Å²) in [6, 6.07) is 0. The van der Waals surface area contributed by atoms with Crippen LogP contribution in [0.15, 0.2) is 0 Å². The van der Waals surface area contributed by atoms with Gasteiger partial charge in [0.15, 0.2) is 0 Å². The molecule has 1 rings (SSSR count). The Morgan fingerprint density at radius 2 is 2.00 bits per heavy atom. The van der Waals surface area contributed by atoms with E-state index in [0.717, 1.165) is 0 Å². The van der Waals surface area contributed by atoms with E-state index in [0.29, 0.717) is 26.1 Å². The fraction of sp³-hybridized carbons (Fsp3) is 0.875. The monoisotopic (exact) mass is 221 g/mol. The first kappa shape index (κ1) is 11.7. The van der Waals surface area contributed by atoms with Crippen molar-refractivity contribution in [2.24, 2.45) is 0 Å². The van der Waals surface area contributed by atoms with Crippen LogP contribution in [0.3, 0.4) is 0 Å². The van der Waals surface area contributed by atoms with Gasteiger partial charge in [-0.15, -0.1) is 0 Å². The highest BCUT2D eigenvalue weighted by Gasteiger charge is 2.39. The van der Waals surface area contributed by atoms with Crippen LogP contribution in [0, 0.1) is 0 Å². The molecule has 1 amide bonds. The number of hydrogen-bond donors (Lipinski definition) is 1. The minimum Gasteiger partial charge on any atom is -0.342 e. The third-order valence-corrected chi connectivity index (χ3v) is 4.36. The Morgan fingerprint density at radius 1 is 1.43 bits per heavy atom. The SMILES string of the molecule is CCOP(=O)(OCC)C1CCC(=O)N1. The summed E-state index contributed by atoms with van der Waals surface area (Å²) in [4.78, 5) is 11.0. The van der Waals surface area contributed by atoms with Crippen molar-refractivity contribution < 1.29 is 18.4 Å². The van der Waals surface area contributed by atoms with Crippen LogP contribution in [0.25, 0.3) is 0 Å². The highest BCUT2D eigenvalue weighted by molar-refractivity contribution is 7.54. The summed E-state index contributed by atoms with van der Waals surface area (Å²) in [5.41, 5.74) is 0. The van der Waals surface area contributed by atoms with Crippen molar-refractivity contribution >= 4 is 13.5 Å².